The SMILES string of the molecule is NCCN(CCc1ccccc1)Cc1ccccc1N1CCOCC1. The average molecular weight is 339 g/mol. The van der Waals surface area contributed by atoms with Crippen molar-refractivity contribution in [3.05, 3.63) is 65.7 Å². The largest absolute Gasteiger partial charge is 0.378 e. The summed E-state index contributed by atoms with van der Waals surface area (Å²) in [5.41, 5.74) is 9.97. The summed E-state index contributed by atoms with van der Waals surface area (Å²) in [7, 11) is 0. The smallest absolute Gasteiger partial charge is 0.0642 e. The number of nitrogens with two attached hydrogens (primary N) is 1. The predicted molar refractivity (Wildman–Crippen MR) is 104 cm³/mol. The summed E-state index contributed by atoms with van der Waals surface area (Å²) in [5.74, 6) is 0. The van der Waals surface area contributed by atoms with Crippen LogP contribution < -0.4 is 10.6 Å². The fourth-order valence-corrected chi connectivity index (χ4v) is 3.38. The lowest BCUT2D eigenvalue weighted by atomic mass is 10.1. The molecule has 1 fully saturated rings. The molecule has 2 aromatic carbocycles. The number of para-hydroxylation sites is 1. The Labute approximate surface area is 151 Å². The van der Waals surface area contributed by atoms with Crippen LogP contribution in [0.15, 0.2) is 54.6 Å². The van der Waals surface area contributed by atoms with E-state index in [0.717, 1.165) is 52.4 Å². The third kappa shape index (κ3) is 5.30. The number of rotatable bonds is 8. The number of hydrogen-bond acceptors (Lipinski definition) is 4. The maximum absolute atomic E-state index is 5.86. The Bertz CT molecular complexity index is 626. The lowest BCUT2D eigenvalue weighted by Gasteiger charge is -2.32. The van der Waals surface area contributed by atoms with Crippen molar-refractivity contribution in [2.75, 3.05) is 50.8 Å². The summed E-state index contributed by atoms with van der Waals surface area (Å²) in [6, 6.07) is 19.4. The number of benzene rings is 2. The number of hydrogen-bond donors (Lipinski definition) is 1. The van der Waals surface area contributed by atoms with Crippen molar-refractivity contribution in [3.63, 3.8) is 0 Å². The van der Waals surface area contributed by atoms with Crippen LogP contribution in [0.4, 0.5) is 5.69 Å². The molecule has 4 nitrogen and oxygen atoms in total. The van der Waals surface area contributed by atoms with E-state index < -0.39 is 0 Å². The van der Waals surface area contributed by atoms with Gasteiger partial charge in [-0.25, -0.2) is 0 Å². The Balaban J connectivity index is 1.67. The minimum Gasteiger partial charge on any atom is -0.378 e. The number of morpholine rings is 1. The van der Waals surface area contributed by atoms with Crippen molar-refractivity contribution in [1.82, 2.24) is 4.90 Å². The Morgan fingerprint density at radius 2 is 1.64 bits per heavy atom. The second-order valence-electron chi connectivity index (χ2n) is 6.53. The molecule has 2 aromatic rings. The Morgan fingerprint density at radius 1 is 0.920 bits per heavy atom. The van der Waals surface area contributed by atoms with Gasteiger partial charge in [-0.15, -0.1) is 0 Å². The van der Waals surface area contributed by atoms with Gasteiger partial charge in [-0.2, -0.15) is 0 Å². The van der Waals surface area contributed by atoms with Crippen LogP contribution in [0.2, 0.25) is 0 Å². The molecule has 0 aromatic heterocycles. The van der Waals surface area contributed by atoms with Gasteiger partial charge in [0.2, 0.25) is 0 Å². The molecule has 0 aliphatic carbocycles. The van der Waals surface area contributed by atoms with Crippen molar-refractivity contribution in [2.24, 2.45) is 5.73 Å². The maximum atomic E-state index is 5.86. The fourth-order valence-electron chi connectivity index (χ4n) is 3.38. The van der Waals surface area contributed by atoms with Crippen LogP contribution in [0.1, 0.15) is 11.1 Å². The van der Waals surface area contributed by atoms with Crippen LogP contribution in [0, 0.1) is 0 Å². The number of nitrogens with zero attached hydrogens (tertiary/aromatic N) is 2. The molecule has 3 rings (SSSR count). The number of ether oxygens (including phenoxy) is 1. The zero-order valence-electron chi connectivity index (χ0n) is 14.9. The second kappa shape index (κ2) is 9.56. The lowest BCUT2D eigenvalue weighted by molar-refractivity contribution is 0.122. The zero-order valence-corrected chi connectivity index (χ0v) is 14.9. The summed E-state index contributed by atoms with van der Waals surface area (Å²) in [5, 5.41) is 0. The van der Waals surface area contributed by atoms with Gasteiger partial charge >= 0.3 is 0 Å². The van der Waals surface area contributed by atoms with E-state index in [1.807, 2.05) is 0 Å². The molecule has 1 aliphatic rings. The van der Waals surface area contributed by atoms with Gasteiger partial charge in [-0.1, -0.05) is 48.5 Å². The highest BCUT2D eigenvalue weighted by atomic mass is 16.5. The van der Waals surface area contributed by atoms with Gasteiger partial charge in [0, 0.05) is 45.0 Å². The molecule has 0 atom stereocenters. The van der Waals surface area contributed by atoms with E-state index >= 15 is 0 Å². The van der Waals surface area contributed by atoms with Gasteiger partial charge < -0.3 is 15.4 Å². The highest BCUT2D eigenvalue weighted by Crippen LogP contribution is 2.23. The first-order valence-electron chi connectivity index (χ1n) is 9.24. The van der Waals surface area contributed by atoms with Crippen molar-refractivity contribution in [2.45, 2.75) is 13.0 Å². The first kappa shape index (κ1) is 17.9. The molecule has 25 heavy (non-hydrogen) atoms. The summed E-state index contributed by atoms with van der Waals surface area (Å²) in [6.07, 6.45) is 1.06. The van der Waals surface area contributed by atoms with Crippen LogP contribution in [0.5, 0.6) is 0 Å². The summed E-state index contributed by atoms with van der Waals surface area (Å²) in [4.78, 5) is 4.91. The van der Waals surface area contributed by atoms with Crippen molar-refractivity contribution in [3.8, 4) is 0 Å². The minimum absolute atomic E-state index is 0.689. The van der Waals surface area contributed by atoms with Gasteiger partial charge in [0.05, 0.1) is 13.2 Å². The topological polar surface area (TPSA) is 41.7 Å². The molecular formula is C21H29N3O. The molecule has 1 saturated heterocycles. The average Bonchev–Trinajstić information content (AvgIpc) is 2.68. The molecule has 0 radical (unpaired) electrons. The third-order valence-electron chi connectivity index (χ3n) is 4.74. The van der Waals surface area contributed by atoms with Gasteiger partial charge in [0.25, 0.3) is 0 Å². The molecule has 134 valence electrons. The van der Waals surface area contributed by atoms with E-state index in [1.54, 1.807) is 0 Å². The van der Waals surface area contributed by atoms with E-state index in [0.29, 0.717) is 6.54 Å². The molecule has 0 bridgehead atoms. The molecule has 1 aliphatic heterocycles. The molecule has 0 unspecified atom stereocenters. The highest BCUT2D eigenvalue weighted by Gasteiger charge is 2.16. The first-order valence-corrected chi connectivity index (χ1v) is 9.24. The van der Waals surface area contributed by atoms with Crippen LogP contribution in [0.3, 0.4) is 0 Å². The molecule has 4 heteroatoms. The normalized spacial score (nSPS) is 14.9. The molecule has 2 N–H and O–H groups in total. The summed E-state index contributed by atoms with van der Waals surface area (Å²) in [6.45, 7) is 7.15. The van der Waals surface area contributed by atoms with Gasteiger partial charge in [0.15, 0.2) is 0 Å². The Kier molecular flexibility index (Phi) is 6.86. The summed E-state index contributed by atoms with van der Waals surface area (Å²) >= 11 is 0. The van der Waals surface area contributed by atoms with Gasteiger partial charge in [-0.05, 0) is 23.6 Å². The quantitative estimate of drug-likeness (QED) is 0.802. The molecule has 1 heterocycles. The van der Waals surface area contributed by atoms with E-state index in [2.05, 4.69) is 64.4 Å². The molecular weight excluding hydrogens is 310 g/mol. The van der Waals surface area contributed by atoms with Crippen LogP contribution >= 0.6 is 0 Å². The monoisotopic (exact) mass is 339 g/mol. The number of anilines is 1. The summed E-state index contributed by atoms with van der Waals surface area (Å²) < 4.78 is 5.50. The van der Waals surface area contributed by atoms with E-state index in [9.17, 15) is 0 Å². The van der Waals surface area contributed by atoms with Crippen LogP contribution in [-0.2, 0) is 17.7 Å². The van der Waals surface area contributed by atoms with Crippen molar-refractivity contribution < 1.29 is 4.74 Å². The maximum Gasteiger partial charge on any atom is 0.0642 e. The standard InChI is InChI=1S/C21H29N3O/c22-11-13-23(12-10-19-6-2-1-3-7-19)18-20-8-4-5-9-21(20)24-14-16-25-17-15-24/h1-9H,10-18,22H2. The zero-order chi connectivity index (χ0) is 17.3. The fraction of sp³-hybridized carbons (Fsp3) is 0.429. The van der Waals surface area contributed by atoms with Crippen LogP contribution in [-0.4, -0.2) is 50.8 Å². The predicted octanol–water partition coefficient (Wildman–Crippen LogP) is 2.53. The van der Waals surface area contributed by atoms with Crippen molar-refractivity contribution >= 4 is 5.69 Å². The van der Waals surface area contributed by atoms with Crippen molar-refractivity contribution in [1.29, 1.82) is 0 Å². The third-order valence-corrected chi connectivity index (χ3v) is 4.74. The first-order chi connectivity index (χ1) is 12.4. The molecule has 0 saturated carbocycles. The highest BCUT2D eigenvalue weighted by molar-refractivity contribution is 5.53. The molecule has 0 spiro atoms. The lowest BCUT2D eigenvalue weighted by Crippen LogP contribution is -2.37. The van der Waals surface area contributed by atoms with E-state index in [1.165, 1.54) is 16.8 Å². The van der Waals surface area contributed by atoms with E-state index in [-0.39, 0.29) is 0 Å². The second-order valence-corrected chi connectivity index (χ2v) is 6.53. The molecule has 0 amide bonds. The minimum atomic E-state index is 0.689. The Morgan fingerprint density at radius 3 is 2.40 bits per heavy atom. The van der Waals surface area contributed by atoms with Gasteiger partial charge in [-0.3, -0.25) is 4.90 Å². The van der Waals surface area contributed by atoms with Gasteiger partial charge in [0.1, 0.15) is 0 Å². The van der Waals surface area contributed by atoms with E-state index in [4.69, 9.17) is 10.5 Å². The Hall–Kier alpha value is -1.88. The van der Waals surface area contributed by atoms with Crippen LogP contribution in [0.25, 0.3) is 0 Å².